The Hall–Kier alpha value is -2.74. The van der Waals surface area contributed by atoms with Crippen molar-refractivity contribution < 1.29 is 17.9 Å². The normalized spacial score (nSPS) is 21.8. The molecule has 178 valence electrons. The largest absolute Gasteiger partial charge is 0.461 e. The fourth-order valence-electron chi connectivity index (χ4n) is 5.00. The Kier molecular flexibility index (Phi) is 6.68. The molecule has 3 aromatic rings. The first-order valence-corrected chi connectivity index (χ1v) is 13.4. The SMILES string of the molecule is O=C(OCc1ccccc1)C1CC(CN2CCN(S(=O)(=O)c3cccc4ccccc34)CC2)C1. The minimum Gasteiger partial charge on any atom is -0.461 e. The summed E-state index contributed by atoms with van der Waals surface area (Å²) in [5.74, 6) is 0.350. The highest BCUT2D eigenvalue weighted by Crippen LogP contribution is 2.36. The van der Waals surface area contributed by atoms with Gasteiger partial charge in [0, 0.05) is 38.1 Å². The van der Waals surface area contributed by atoms with Crippen LogP contribution in [-0.2, 0) is 26.2 Å². The number of hydrogen-bond donors (Lipinski definition) is 0. The van der Waals surface area contributed by atoms with Gasteiger partial charge in [0.2, 0.25) is 10.0 Å². The van der Waals surface area contributed by atoms with Crippen molar-refractivity contribution in [1.29, 1.82) is 0 Å². The van der Waals surface area contributed by atoms with Gasteiger partial charge < -0.3 is 9.64 Å². The van der Waals surface area contributed by atoms with Crippen molar-refractivity contribution in [2.24, 2.45) is 11.8 Å². The molecule has 0 radical (unpaired) electrons. The van der Waals surface area contributed by atoms with E-state index in [9.17, 15) is 13.2 Å². The van der Waals surface area contributed by atoms with Crippen molar-refractivity contribution in [1.82, 2.24) is 9.21 Å². The molecule has 5 rings (SSSR count). The lowest BCUT2D eigenvalue weighted by Crippen LogP contribution is -2.51. The van der Waals surface area contributed by atoms with E-state index in [1.807, 2.05) is 66.7 Å². The van der Waals surface area contributed by atoms with E-state index in [1.165, 1.54) is 0 Å². The summed E-state index contributed by atoms with van der Waals surface area (Å²) in [6, 6.07) is 22.8. The van der Waals surface area contributed by atoms with Gasteiger partial charge in [-0.2, -0.15) is 4.31 Å². The molecule has 0 spiro atoms. The van der Waals surface area contributed by atoms with Crippen LogP contribution in [0.3, 0.4) is 0 Å². The van der Waals surface area contributed by atoms with E-state index in [1.54, 1.807) is 10.4 Å². The Morgan fingerprint density at radius 3 is 2.29 bits per heavy atom. The molecule has 0 aromatic heterocycles. The fraction of sp³-hybridized carbons (Fsp3) is 0.370. The molecule has 1 heterocycles. The van der Waals surface area contributed by atoms with Crippen LogP contribution in [0.15, 0.2) is 77.7 Å². The molecule has 1 saturated carbocycles. The molecule has 0 amide bonds. The second kappa shape index (κ2) is 9.86. The smallest absolute Gasteiger partial charge is 0.309 e. The highest BCUT2D eigenvalue weighted by Gasteiger charge is 2.37. The number of fused-ring (bicyclic) bond motifs is 1. The Labute approximate surface area is 201 Å². The molecule has 0 N–H and O–H groups in total. The molecule has 2 aliphatic rings. The molecule has 34 heavy (non-hydrogen) atoms. The average molecular weight is 479 g/mol. The van der Waals surface area contributed by atoms with Crippen molar-refractivity contribution in [2.75, 3.05) is 32.7 Å². The maximum absolute atomic E-state index is 13.3. The van der Waals surface area contributed by atoms with Crippen LogP contribution in [0.5, 0.6) is 0 Å². The van der Waals surface area contributed by atoms with Crippen LogP contribution >= 0.6 is 0 Å². The summed E-state index contributed by atoms with van der Waals surface area (Å²) >= 11 is 0. The maximum Gasteiger partial charge on any atom is 0.309 e. The van der Waals surface area contributed by atoms with Gasteiger partial charge in [0.25, 0.3) is 0 Å². The quantitative estimate of drug-likeness (QED) is 0.482. The van der Waals surface area contributed by atoms with E-state index < -0.39 is 10.0 Å². The zero-order valence-electron chi connectivity index (χ0n) is 19.2. The second-order valence-corrected chi connectivity index (χ2v) is 11.2. The van der Waals surface area contributed by atoms with Crippen molar-refractivity contribution in [3.05, 3.63) is 78.4 Å². The number of piperazine rings is 1. The zero-order chi connectivity index (χ0) is 23.5. The van der Waals surface area contributed by atoms with E-state index in [-0.39, 0.29) is 11.9 Å². The Balaban J connectivity index is 1.09. The van der Waals surface area contributed by atoms with E-state index >= 15 is 0 Å². The number of benzene rings is 3. The predicted octanol–water partition coefficient (Wildman–Crippen LogP) is 3.92. The monoisotopic (exact) mass is 478 g/mol. The molecule has 7 heteroatoms. The number of rotatable bonds is 7. The number of sulfonamides is 1. The first-order chi connectivity index (χ1) is 16.5. The molecule has 1 aliphatic heterocycles. The molecule has 1 aliphatic carbocycles. The molecular weight excluding hydrogens is 448 g/mol. The van der Waals surface area contributed by atoms with Crippen LogP contribution in [-0.4, -0.2) is 56.3 Å². The predicted molar refractivity (Wildman–Crippen MR) is 132 cm³/mol. The highest BCUT2D eigenvalue weighted by molar-refractivity contribution is 7.89. The highest BCUT2D eigenvalue weighted by atomic mass is 32.2. The molecule has 0 atom stereocenters. The van der Waals surface area contributed by atoms with Gasteiger partial charge in [-0.25, -0.2) is 8.42 Å². The molecule has 0 unspecified atom stereocenters. The summed E-state index contributed by atoms with van der Waals surface area (Å²) in [5.41, 5.74) is 1.00. The first-order valence-electron chi connectivity index (χ1n) is 11.9. The van der Waals surface area contributed by atoms with Gasteiger partial charge in [0.1, 0.15) is 6.61 Å². The van der Waals surface area contributed by atoms with Gasteiger partial charge in [-0.1, -0.05) is 66.7 Å². The third kappa shape index (κ3) is 4.87. The van der Waals surface area contributed by atoms with Gasteiger partial charge >= 0.3 is 5.97 Å². The first kappa shape index (κ1) is 23.0. The summed E-state index contributed by atoms with van der Waals surface area (Å²) in [4.78, 5) is 15.0. The standard InChI is InChI=1S/C27H30N2O4S/c30-27(33-20-21-7-2-1-3-8-21)24-17-22(18-24)19-28-13-15-29(16-14-28)34(31,32)26-12-6-10-23-9-4-5-11-25(23)26/h1-12,22,24H,13-20H2. The van der Waals surface area contributed by atoms with Gasteiger partial charge in [0.05, 0.1) is 10.8 Å². The van der Waals surface area contributed by atoms with Crippen molar-refractivity contribution in [3.8, 4) is 0 Å². The minimum absolute atomic E-state index is 0.0123. The molecule has 3 aromatic carbocycles. The van der Waals surface area contributed by atoms with E-state index in [2.05, 4.69) is 4.90 Å². The summed E-state index contributed by atoms with van der Waals surface area (Å²) in [5, 5.41) is 1.70. The average Bonchev–Trinajstić information content (AvgIpc) is 2.85. The molecule has 0 bridgehead atoms. The minimum atomic E-state index is -3.54. The van der Waals surface area contributed by atoms with Crippen LogP contribution in [0, 0.1) is 11.8 Å². The number of nitrogens with zero attached hydrogens (tertiary/aromatic N) is 2. The van der Waals surface area contributed by atoms with Crippen LogP contribution in [0.2, 0.25) is 0 Å². The molecule has 2 fully saturated rings. The van der Waals surface area contributed by atoms with Crippen LogP contribution in [0.1, 0.15) is 18.4 Å². The lowest BCUT2D eigenvalue weighted by Gasteiger charge is -2.40. The number of carbonyl (C=O) groups is 1. The number of esters is 1. The summed E-state index contributed by atoms with van der Waals surface area (Å²) in [6.07, 6.45) is 1.70. The van der Waals surface area contributed by atoms with Crippen molar-refractivity contribution >= 4 is 26.8 Å². The summed E-state index contributed by atoms with van der Waals surface area (Å²) < 4.78 is 33.7. The number of ether oxygens (including phenoxy) is 1. The van der Waals surface area contributed by atoms with E-state index in [0.717, 1.165) is 35.7 Å². The molecule has 1 saturated heterocycles. The number of hydrogen-bond acceptors (Lipinski definition) is 5. The number of carbonyl (C=O) groups excluding carboxylic acids is 1. The third-order valence-corrected chi connectivity index (χ3v) is 8.96. The van der Waals surface area contributed by atoms with Gasteiger partial charge in [-0.05, 0) is 35.8 Å². The second-order valence-electron chi connectivity index (χ2n) is 9.31. The van der Waals surface area contributed by atoms with Crippen LogP contribution < -0.4 is 0 Å². The summed E-state index contributed by atoms with van der Waals surface area (Å²) in [7, 11) is -3.54. The van der Waals surface area contributed by atoms with Crippen LogP contribution in [0.25, 0.3) is 10.8 Å². The Bertz CT molecular complexity index is 1240. The zero-order valence-corrected chi connectivity index (χ0v) is 20.0. The lowest BCUT2D eigenvalue weighted by atomic mass is 9.74. The maximum atomic E-state index is 13.3. The Morgan fingerprint density at radius 1 is 0.853 bits per heavy atom. The molecular formula is C27H30N2O4S. The van der Waals surface area contributed by atoms with E-state index in [0.29, 0.717) is 43.6 Å². The topological polar surface area (TPSA) is 66.9 Å². The van der Waals surface area contributed by atoms with Crippen molar-refractivity contribution in [3.63, 3.8) is 0 Å². The Morgan fingerprint density at radius 2 is 1.53 bits per heavy atom. The van der Waals surface area contributed by atoms with Crippen LogP contribution in [0.4, 0.5) is 0 Å². The fourth-order valence-corrected chi connectivity index (χ4v) is 6.64. The molecule has 6 nitrogen and oxygen atoms in total. The van der Waals surface area contributed by atoms with Gasteiger partial charge in [-0.3, -0.25) is 4.79 Å². The lowest BCUT2D eigenvalue weighted by molar-refractivity contribution is -0.155. The third-order valence-electron chi connectivity index (χ3n) is 7.01. The van der Waals surface area contributed by atoms with Gasteiger partial charge in [-0.15, -0.1) is 0 Å². The van der Waals surface area contributed by atoms with E-state index in [4.69, 9.17) is 4.74 Å². The van der Waals surface area contributed by atoms with Crippen molar-refractivity contribution in [2.45, 2.75) is 24.3 Å². The summed E-state index contributed by atoms with van der Waals surface area (Å²) in [6.45, 7) is 3.63. The van der Waals surface area contributed by atoms with Gasteiger partial charge in [0.15, 0.2) is 0 Å².